The highest BCUT2D eigenvalue weighted by Crippen LogP contribution is 2.06. The van der Waals surface area contributed by atoms with Gasteiger partial charge in [-0.25, -0.2) is 10.3 Å². The second kappa shape index (κ2) is 6.12. The van der Waals surface area contributed by atoms with Gasteiger partial charge in [0, 0.05) is 0 Å². The van der Waals surface area contributed by atoms with Crippen LogP contribution < -0.4 is 10.8 Å². The normalized spacial score (nSPS) is 13.3. The highest BCUT2D eigenvalue weighted by Gasteiger charge is 2.21. The van der Waals surface area contributed by atoms with Gasteiger partial charge in [-0.1, -0.05) is 12.2 Å². The quantitative estimate of drug-likeness (QED) is 0.383. The predicted molar refractivity (Wildman–Crippen MR) is 57.9 cm³/mol. The number of ether oxygens (including phenoxy) is 1. The van der Waals surface area contributed by atoms with Gasteiger partial charge in [0.25, 0.3) is 5.91 Å². The summed E-state index contributed by atoms with van der Waals surface area (Å²) in [7, 11) is 0. The van der Waals surface area contributed by atoms with Crippen molar-refractivity contribution >= 4 is 12.0 Å². The van der Waals surface area contributed by atoms with Crippen molar-refractivity contribution in [3.63, 3.8) is 0 Å². The summed E-state index contributed by atoms with van der Waals surface area (Å²) < 4.78 is 4.96. The van der Waals surface area contributed by atoms with Crippen molar-refractivity contribution in [2.24, 2.45) is 0 Å². The van der Waals surface area contributed by atoms with E-state index >= 15 is 0 Å². The summed E-state index contributed by atoms with van der Waals surface area (Å²) in [6.45, 7) is 6.82. The van der Waals surface area contributed by atoms with Crippen LogP contribution in [-0.4, -0.2) is 28.9 Å². The third-order valence-electron chi connectivity index (χ3n) is 1.45. The Morgan fingerprint density at radius 3 is 2.31 bits per heavy atom. The Balaban J connectivity index is 4.41. The summed E-state index contributed by atoms with van der Waals surface area (Å²) in [6.07, 6.45) is 2.28. The van der Waals surface area contributed by atoms with Crippen molar-refractivity contribution in [3.05, 3.63) is 12.2 Å². The molecule has 0 fully saturated rings. The number of hydrogen-bond acceptors (Lipinski definition) is 4. The molecule has 0 saturated heterocycles. The summed E-state index contributed by atoms with van der Waals surface area (Å²) in [5, 5.41) is 10.8. The zero-order chi connectivity index (χ0) is 12.8. The van der Waals surface area contributed by atoms with E-state index in [9.17, 15) is 9.59 Å². The van der Waals surface area contributed by atoms with Crippen molar-refractivity contribution in [1.29, 1.82) is 0 Å². The predicted octanol–water partition coefficient (Wildman–Crippen LogP) is 0.961. The Bertz CT molecular complexity index is 281. The molecule has 0 radical (unpaired) electrons. The van der Waals surface area contributed by atoms with Gasteiger partial charge in [-0.05, 0) is 27.7 Å². The fourth-order valence-electron chi connectivity index (χ4n) is 0.898. The maximum absolute atomic E-state index is 11.3. The van der Waals surface area contributed by atoms with Gasteiger partial charge in [-0.3, -0.25) is 10.0 Å². The van der Waals surface area contributed by atoms with Crippen LogP contribution in [0.5, 0.6) is 0 Å². The standard InChI is InChI=1S/C10H18N2O4/c1-5-6-7(8(13)12-15)11-9(14)16-10(2,3)4/h5-7,15H,1-4H3,(H,11,14)(H,12,13)/b6-5+. The molecule has 0 aliphatic carbocycles. The van der Waals surface area contributed by atoms with Crippen molar-refractivity contribution in [1.82, 2.24) is 10.8 Å². The maximum atomic E-state index is 11.3. The first-order valence-electron chi connectivity index (χ1n) is 4.86. The molecule has 1 atom stereocenters. The molecular formula is C10H18N2O4. The number of carbonyl (C=O) groups is 2. The lowest BCUT2D eigenvalue weighted by atomic mass is 10.2. The van der Waals surface area contributed by atoms with E-state index in [2.05, 4.69) is 5.32 Å². The molecule has 0 aromatic carbocycles. The molecule has 3 N–H and O–H groups in total. The number of rotatable bonds is 3. The Morgan fingerprint density at radius 1 is 1.38 bits per heavy atom. The zero-order valence-corrected chi connectivity index (χ0v) is 9.90. The second-order valence-corrected chi connectivity index (χ2v) is 4.13. The van der Waals surface area contributed by atoms with Crippen LogP contribution in [0.1, 0.15) is 27.7 Å². The number of hydroxylamine groups is 1. The monoisotopic (exact) mass is 230 g/mol. The Hall–Kier alpha value is -1.56. The Labute approximate surface area is 94.6 Å². The van der Waals surface area contributed by atoms with Gasteiger partial charge in [0.2, 0.25) is 0 Å². The van der Waals surface area contributed by atoms with Crippen LogP contribution in [0.4, 0.5) is 4.79 Å². The van der Waals surface area contributed by atoms with Gasteiger partial charge in [0.1, 0.15) is 11.6 Å². The number of alkyl carbamates (subject to hydrolysis) is 1. The number of nitrogens with one attached hydrogen (secondary N) is 2. The molecule has 6 nitrogen and oxygen atoms in total. The summed E-state index contributed by atoms with van der Waals surface area (Å²) in [5.74, 6) is -0.732. The highest BCUT2D eigenvalue weighted by atomic mass is 16.6. The molecule has 92 valence electrons. The first-order chi connectivity index (χ1) is 7.30. The van der Waals surface area contributed by atoms with E-state index < -0.39 is 23.6 Å². The zero-order valence-electron chi connectivity index (χ0n) is 9.90. The van der Waals surface area contributed by atoms with E-state index in [0.717, 1.165) is 0 Å². The smallest absolute Gasteiger partial charge is 0.408 e. The summed E-state index contributed by atoms with van der Waals surface area (Å²) >= 11 is 0. The van der Waals surface area contributed by atoms with Crippen LogP contribution in [0, 0.1) is 0 Å². The van der Waals surface area contributed by atoms with Crippen LogP contribution in [0.3, 0.4) is 0 Å². The summed E-state index contributed by atoms with van der Waals surface area (Å²) in [5.41, 5.74) is 0.819. The van der Waals surface area contributed by atoms with Gasteiger partial charge in [-0.2, -0.15) is 0 Å². The minimum Gasteiger partial charge on any atom is -0.444 e. The Morgan fingerprint density at radius 2 is 1.94 bits per heavy atom. The van der Waals surface area contributed by atoms with Crippen molar-refractivity contribution in [2.45, 2.75) is 39.3 Å². The van der Waals surface area contributed by atoms with Crippen LogP contribution in [0.25, 0.3) is 0 Å². The van der Waals surface area contributed by atoms with Crippen molar-refractivity contribution in [3.8, 4) is 0 Å². The fourth-order valence-corrected chi connectivity index (χ4v) is 0.898. The molecule has 0 aliphatic heterocycles. The molecule has 0 bridgehead atoms. The van der Waals surface area contributed by atoms with Crippen LogP contribution in [-0.2, 0) is 9.53 Å². The van der Waals surface area contributed by atoms with Gasteiger partial charge >= 0.3 is 6.09 Å². The fraction of sp³-hybridized carbons (Fsp3) is 0.600. The molecular weight excluding hydrogens is 212 g/mol. The van der Waals surface area contributed by atoms with E-state index in [0.29, 0.717) is 0 Å². The molecule has 6 heteroatoms. The maximum Gasteiger partial charge on any atom is 0.408 e. The largest absolute Gasteiger partial charge is 0.444 e. The van der Waals surface area contributed by atoms with Crippen LogP contribution in [0.15, 0.2) is 12.2 Å². The van der Waals surface area contributed by atoms with E-state index in [4.69, 9.17) is 9.94 Å². The van der Waals surface area contributed by atoms with E-state index in [-0.39, 0.29) is 0 Å². The number of carbonyl (C=O) groups excluding carboxylic acids is 2. The molecule has 0 aliphatic rings. The number of hydrogen-bond donors (Lipinski definition) is 3. The molecule has 0 rings (SSSR count). The SMILES string of the molecule is C/C=C/C(NC(=O)OC(C)(C)C)C(=O)NO. The molecule has 1 unspecified atom stereocenters. The minimum absolute atomic E-state index is 0.639. The van der Waals surface area contributed by atoms with Crippen molar-refractivity contribution in [2.75, 3.05) is 0 Å². The second-order valence-electron chi connectivity index (χ2n) is 4.13. The van der Waals surface area contributed by atoms with Gasteiger partial charge in [-0.15, -0.1) is 0 Å². The third kappa shape index (κ3) is 6.02. The topological polar surface area (TPSA) is 87.7 Å². The molecule has 0 heterocycles. The van der Waals surface area contributed by atoms with Gasteiger partial charge < -0.3 is 10.1 Å². The van der Waals surface area contributed by atoms with Gasteiger partial charge in [0.05, 0.1) is 0 Å². The van der Waals surface area contributed by atoms with E-state index in [1.165, 1.54) is 11.6 Å². The lowest BCUT2D eigenvalue weighted by Crippen LogP contribution is -2.46. The molecule has 2 amide bonds. The third-order valence-corrected chi connectivity index (χ3v) is 1.45. The first kappa shape index (κ1) is 14.4. The lowest BCUT2D eigenvalue weighted by molar-refractivity contribution is -0.130. The summed E-state index contributed by atoms with van der Waals surface area (Å²) in [6, 6.07) is -0.954. The molecule has 16 heavy (non-hydrogen) atoms. The minimum atomic E-state index is -0.954. The molecule has 0 saturated carbocycles. The van der Waals surface area contributed by atoms with E-state index in [1.54, 1.807) is 33.8 Å². The summed E-state index contributed by atoms with van der Waals surface area (Å²) in [4.78, 5) is 22.5. The average molecular weight is 230 g/mol. The van der Waals surface area contributed by atoms with Crippen molar-refractivity contribution < 1.29 is 19.5 Å². The van der Waals surface area contributed by atoms with Crippen LogP contribution >= 0.6 is 0 Å². The highest BCUT2D eigenvalue weighted by molar-refractivity contribution is 5.86. The lowest BCUT2D eigenvalue weighted by Gasteiger charge is -2.21. The Kier molecular flexibility index (Phi) is 5.52. The number of amides is 2. The van der Waals surface area contributed by atoms with Gasteiger partial charge in [0.15, 0.2) is 0 Å². The average Bonchev–Trinajstić information content (AvgIpc) is 2.13. The molecule has 0 spiro atoms. The molecule has 0 aromatic rings. The van der Waals surface area contributed by atoms with E-state index in [1.807, 2.05) is 0 Å². The van der Waals surface area contributed by atoms with Crippen LogP contribution in [0.2, 0.25) is 0 Å². The molecule has 0 aromatic heterocycles. The first-order valence-corrected chi connectivity index (χ1v) is 4.86. The number of allylic oxidation sites excluding steroid dienone is 1.